The normalized spacial score (nSPS) is 25.2. The Labute approximate surface area is 161 Å². The van der Waals surface area contributed by atoms with Crippen molar-refractivity contribution < 1.29 is 29.0 Å². The molecule has 1 aliphatic heterocycles. The van der Waals surface area contributed by atoms with E-state index < -0.39 is 17.6 Å². The lowest BCUT2D eigenvalue weighted by Gasteiger charge is -2.33. The molecule has 0 fully saturated rings. The average Bonchev–Trinajstić information content (AvgIpc) is 3.01. The highest BCUT2D eigenvalue weighted by atomic mass is 79.9. The number of allylic oxidation sites excluding steroid dienone is 1. The number of carbonyl (C=O) groups is 2. The fourth-order valence-corrected chi connectivity index (χ4v) is 4.25. The molecule has 0 aromatic rings. The van der Waals surface area contributed by atoms with Crippen molar-refractivity contribution in [3.63, 3.8) is 0 Å². The summed E-state index contributed by atoms with van der Waals surface area (Å²) >= 11 is 6.65. The minimum atomic E-state index is -1.18. The number of aliphatic hydroxyl groups is 1. The first-order valence-corrected chi connectivity index (χ1v) is 9.03. The molecule has 10 heteroatoms. The van der Waals surface area contributed by atoms with E-state index in [2.05, 4.69) is 47.1 Å². The van der Waals surface area contributed by atoms with E-state index in [-0.39, 0.29) is 24.5 Å². The van der Waals surface area contributed by atoms with Gasteiger partial charge in [0.05, 0.1) is 23.2 Å². The zero-order valence-electron chi connectivity index (χ0n) is 13.7. The van der Waals surface area contributed by atoms with Crippen molar-refractivity contribution in [2.24, 2.45) is 5.16 Å². The second-order valence-corrected chi connectivity index (χ2v) is 7.18. The number of hydrogen-bond acceptors (Lipinski definition) is 7. The van der Waals surface area contributed by atoms with Gasteiger partial charge in [-0.25, -0.2) is 0 Å². The second kappa shape index (κ2) is 8.33. The van der Waals surface area contributed by atoms with Crippen LogP contribution in [0.1, 0.15) is 19.3 Å². The zero-order chi connectivity index (χ0) is 18.6. The van der Waals surface area contributed by atoms with Gasteiger partial charge in [-0.3, -0.25) is 9.59 Å². The molecule has 0 unspecified atom stereocenters. The van der Waals surface area contributed by atoms with E-state index >= 15 is 0 Å². The fraction of sp³-hybridized carbons (Fsp3) is 0.533. The number of methoxy groups -OCH3 is 2. The van der Waals surface area contributed by atoms with E-state index in [9.17, 15) is 14.7 Å². The Balaban J connectivity index is 1.95. The summed E-state index contributed by atoms with van der Waals surface area (Å²) in [5.41, 5.74) is -1.02. The summed E-state index contributed by atoms with van der Waals surface area (Å²) in [7, 11) is 2.79. The minimum absolute atomic E-state index is 0.0954. The number of ether oxygens (including phenoxy) is 2. The third-order valence-corrected chi connectivity index (χ3v) is 5.20. The van der Waals surface area contributed by atoms with Gasteiger partial charge in [-0.05, 0) is 44.4 Å². The summed E-state index contributed by atoms with van der Waals surface area (Å²) in [5, 5.41) is 17.0. The predicted molar refractivity (Wildman–Crippen MR) is 96.1 cm³/mol. The lowest BCUT2D eigenvalue weighted by Crippen LogP contribution is -2.45. The van der Waals surface area contributed by atoms with Crippen LogP contribution in [0.4, 0.5) is 0 Å². The van der Waals surface area contributed by atoms with Crippen LogP contribution in [0.2, 0.25) is 0 Å². The van der Waals surface area contributed by atoms with Gasteiger partial charge in [0.25, 0.3) is 5.91 Å². The van der Waals surface area contributed by atoms with Gasteiger partial charge in [-0.15, -0.1) is 0 Å². The molecule has 1 spiro atoms. The maximum atomic E-state index is 12.2. The van der Waals surface area contributed by atoms with Gasteiger partial charge < -0.3 is 24.7 Å². The van der Waals surface area contributed by atoms with Gasteiger partial charge in [-0.1, -0.05) is 5.16 Å². The molecule has 25 heavy (non-hydrogen) atoms. The molecule has 138 valence electrons. The minimum Gasteiger partial charge on any atom is -0.495 e. The van der Waals surface area contributed by atoms with Crippen LogP contribution in [0.3, 0.4) is 0 Å². The Kier molecular flexibility index (Phi) is 6.64. The van der Waals surface area contributed by atoms with E-state index in [4.69, 9.17) is 9.57 Å². The first-order valence-electron chi connectivity index (χ1n) is 7.45. The van der Waals surface area contributed by atoms with Crippen molar-refractivity contribution in [3.8, 4) is 0 Å². The Hall–Kier alpha value is -1.39. The number of amides is 1. The SMILES string of the molecule is COC(=O)CCCNC(=O)C1=NO[C@]2(C=C(Br)C(OC)=C(Br)[C@@H]2O)C1. The number of oxime groups is 1. The van der Waals surface area contributed by atoms with Crippen LogP contribution in [0, 0.1) is 0 Å². The number of rotatable bonds is 6. The van der Waals surface area contributed by atoms with E-state index in [1.54, 1.807) is 6.08 Å². The highest BCUT2D eigenvalue weighted by Crippen LogP contribution is 2.43. The van der Waals surface area contributed by atoms with E-state index in [1.807, 2.05) is 0 Å². The van der Waals surface area contributed by atoms with Crippen molar-refractivity contribution in [3.05, 3.63) is 20.8 Å². The lowest BCUT2D eigenvalue weighted by molar-refractivity contribution is -0.140. The van der Waals surface area contributed by atoms with Crippen molar-refractivity contribution in [2.45, 2.75) is 31.0 Å². The van der Waals surface area contributed by atoms with Crippen molar-refractivity contribution in [1.82, 2.24) is 5.32 Å². The molecule has 1 aliphatic carbocycles. The third kappa shape index (κ3) is 4.24. The standard InChI is InChI=1S/C15H18Br2N2O6/c1-23-10(20)4-3-5-18-14(22)9-7-15(25-19-9)6-8(16)12(24-2)11(17)13(15)21/h6,13,21H,3-5,7H2,1-2H3,(H,18,22)/t13-,15+/m0/s1. The maximum Gasteiger partial charge on any atom is 0.305 e. The molecule has 1 heterocycles. The number of esters is 1. The van der Waals surface area contributed by atoms with Gasteiger partial charge in [0.15, 0.2) is 5.60 Å². The summed E-state index contributed by atoms with van der Waals surface area (Å²) in [6.45, 7) is 0.305. The Morgan fingerprint density at radius 2 is 2.20 bits per heavy atom. The molecular formula is C15H18Br2N2O6. The third-order valence-electron chi connectivity index (χ3n) is 3.81. The van der Waals surface area contributed by atoms with Crippen LogP contribution in [0.5, 0.6) is 0 Å². The van der Waals surface area contributed by atoms with Crippen LogP contribution in [0.15, 0.2) is 26.0 Å². The number of hydrogen-bond donors (Lipinski definition) is 2. The summed E-state index contributed by atoms with van der Waals surface area (Å²) in [5.74, 6) is -0.292. The molecule has 2 atom stereocenters. The van der Waals surface area contributed by atoms with E-state index in [0.29, 0.717) is 27.7 Å². The Morgan fingerprint density at radius 3 is 2.84 bits per heavy atom. The summed E-state index contributed by atoms with van der Waals surface area (Å²) in [4.78, 5) is 28.6. The van der Waals surface area contributed by atoms with Gasteiger partial charge >= 0.3 is 5.97 Å². The first-order chi connectivity index (χ1) is 11.8. The molecule has 2 N–H and O–H groups in total. The molecule has 0 aromatic carbocycles. The fourth-order valence-electron chi connectivity index (χ4n) is 2.46. The molecule has 2 aliphatic rings. The van der Waals surface area contributed by atoms with Crippen LogP contribution < -0.4 is 5.32 Å². The quantitative estimate of drug-likeness (QED) is 0.439. The number of halogens is 2. The molecule has 1 amide bonds. The molecular weight excluding hydrogens is 464 g/mol. The largest absolute Gasteiger partial charge is 0.495 e. The maximum absolute atomic E-state index is 12.2. The molecule has 0 bridgehead atoms. The molecule has 0 saturated heterocycles. The summed E-state index contributed by atoms with van der Waals surface area (Å²) < 4.78 is 10.7. The monoisotopic (exact) mass is 480 g/mol. The van der Waals surface area contributed by atoms with E-state index in [0.717, 1.165) is 0 Å². The highest BCUT2D eigenvalue weighted by Gasteiger charge is 2.50. The van der Waals surface area contributed by atoms with Crippen molar-refractivity contribution in [2.75, 3.05) is 20.8 Å². The van der Waals surface area contributed by atoms with Gasteiger partial charge in [0.1, 0.15) is 17.6 Å². The summed E-state index contributed by atoms with van der Waals surface area (Å²) in [6, 6.07) is 0. The number of nitrogens with one attached hydrogen (secondary N) is 1. The molecule has 0 aromatic heterocycles. The predicted octanol–water partition coefficient (Wildman–Crippen LogP) is 1.48. The van der Waals surface area contributed by atoms with Crippen LogP contribution in [-0.4, -0.2) is 55.2 Å². The number of nitrogens with zero attached hydrogens (tertiary/aromatic N) is 1. The van der Waals surface area contributed by atoms with Gasteiger partial charge in [0.2, 0.25) is 0 Å². The first kappa shape index (κ1) is 19.9. The highest BCUT2D eigenvalue weighted by molar-refractivity contribution is 9.12. The Morgan fingerprint density at radius 1 is 1.48 bits per heavy atom. The molecule has 8 nitrogen and oxygen atoms in total. The van der Waals surface area contributed by atoms with Gasteiger partial charge in [0, 0.05) is 19.4 Å². The molecule has 2 rings (SSSR count). The van der Waals surface area contributed by atoms with Crippen molar-refractivity contribution in [1.29, 1.82) is 0 Å². The topological polar surface area (TPSA) is 106 Å². The van der Waals surface area contributed by atoms with E-state index in [1.165, 1.54) is 14.2 Å². The summed E-state index contributed by atoms with van der Waals surface area (Å²) in [6.07, 6.45) is 1.32. The van der Waals surface area contributed by atoms with Crippen molar-refractivity contribution >= 4 is 49.4 Å². The average molecular weight is 482 g/mol. The van der Waals surface area contributed by atoms with Crippen LogP contribution in [-0.2, 0) is 23.9 Å². The number of aliphatic hydroxyl groups excluding tert-OH is 1. The lowest BCUT2D eigenvalue weighted by atomic mass is 9.87. The van der Waals surface area contributed by atoms with Crippen LogP contribution in [0.25, 0.3) is 0 Å². The zero-order valence-corrected chi connectivity index (χ0v) is 16.8. The number of carbonyl (C=O) groups excluding carboxylic acids is 2. The Bertz CT molecular complexity index is 660. The second-order valence-electron chi connectivity index (χ2n) is 5.47. The van der Waals surface area contributed by atoms with Gasteiger partial charge in [-0.2, -0.15) is 0 Å². The molecule has 0 saturated carbocycles. The van der Waals surface area contributed by atoms with Crippen LogP contribution >= 0.6 is 31.9 Å². The smallest absolute Gasteiger partial charge is 0.305 e. The molecule has 0 radical (unpaired) electrons.